The molecule has 0 spiro atoms. The molecule has 4 rings (SSSR count). The van der Waals surface area contributed by atoms with Crippen molar-refractivity contribution in [2.24, 2.45) is 0 Å². The van der Waals surface area contributed by atoms with Gasteiger partial charge in [0.15, 0.2) is 12.4 Å². The Hall–Kier alpha value is -4.74. The summed E-state index contributed by atoms with van der Waals surface area (Å²) in [7, 11) is 0. The normalized spacial score (nSPS) is 10.9. The second-order valence-electron chi connectivity index (χ2n) is 8.26. The molecule has 0 bridgehead atoms. The Labute approximate surface area is 210 Å². The molecule has 1 amide bonds. The number of halogens is 1. The number of carboxylic acid groups (broad SMARTS) is 1. The number of amides is 1. The molecule has 0 radical (unpaired) electrons. The number of hydrogen-bond donors (Lipinski definition) is 4. The third-order valence-electron chi connectivity index (χ3n) is 5.59. The summed E-state index contributed by atoms with van der Waals surface area (Å²) in [6.45, 7) is 1.46. The first-order chi connectivity index (χ1) is 17.8. The fourth-order valence-electron chi connectivity index (χ4n) is 3.71. The molecule has 0 aliphatic heterocycles. The van der Waals surface area contributed by atoms with Crippen molar-refractivity contribution in [1.82, 2.24) is 24.8 Å². The van der Waals surface area contributed by atoms with E-state index in [1.807, 2.05) is 12.1 Å². The number of anilines is 1. The number of fused-ring (bicyclic) bond motifs is 1. The van der Waals surface area contributed by atoms with Crippen molar-refractivity contribution in [3.05, 3.63) is 81.9 Å². The standard InChI is InChI=1S/C25H25FN6O5/c1-15-9-29-24(27-7-6-17-4-2-3-5-20(17)37-14-22(34)35)25(36)32(15)13-21(33)28-10-16-8-18-19(26)12-31-23(18)30-11-16/h2-5,8-9,11-12H,6-7,10,13-14H2,1H3,(H,27,29)(H,28,33)(H,30,31)(H,34,35). The van der Waals surface area contributed by atoms with Gasteiger partial charge in [0.2, 0.25) is 5.91 Å². The zero-order chi connectivity index (χ0) is 26.4. The lowest BCUT2D eigenvalue weighted by molar-refractivity contribution is -0.139. The predicted octanol–water partition coefficient (Wildman–Crippen LogP) is 2.00. The number of aromatic amines is 1. The number of aliphatic carboxylic acids is 1. The van der Waals surface area contributed by atoms with E-state index in [4.69, 9.17) is 9.84 Å². The van der Waals surface area contributed by atoms with Gasteiger partial charge in [-0.1, -0.05) is 18.2 Å². The summed E-state index contributed by atoms with van der Waals surface area (Å²) in [6.07, 6.45) is 4.70. The summed E-state index contributed by atoms with van der Waals surface area (Å²) < 4.78 is 20.4. The van der Waals surface area contributed by atoms with Crippen molar-refractivity contribution in [3.8, 4) is 5.75 Å². The van der Waals surface area contributed by atoms with Gasteiger partial charge in [-0.05, 0) is 36.6 Å². The Balaban J connectivity index is 1.36. The summed E-state index contributed by atoms with van der Waals surface area (Å²) >= 11 is 0. The smallest absolute Gasteiger partial charge is 0.341 e. The third kappa shape index (κ3) is 6.28. The summed E-state index contributed by atoms with van der Waals surface area (Å²) in [6, 6.07) is 8.64. The van der Waals surface area contributed by atoms with E-state index in [1.54, 1.807) is 25.1 Å². The van der Waals surface area contributed by atoms with E-state index in [0.29, 0.717) is 41.0 Å². The fourth-order valence-corrected chi connectivity index (χ4v) is 3.71. The molecule has 0 saturated carbocycles. The van der Waals surface area contributed by atoms with Crippen molar-refractivity contribution < 1.29 is 23.8 Å². The molecule has 0 aliphatic rings. The molecule has 192 valence electrons. The van der Waals surface area contributed by atoms with Crippen LogP contribution < -0.4 is 20.9 Å². The number of ether oxygens (including phenoxy) is 1. The topological polar surface area (TPSA) is 151 Å². The highest BCUT2D eigenvalue weighted by Crippen LogP contribution is 2.18. The second kappa shape index (κ2) is 11.3. The molecule has 37 heavy (non-hydrogen) atoms. The number of carboxylic acids is 1. The van der Waals surface area contributed by atoms with Gasteiger partial charge in [0.1, 0.15) is 23.8 Å². The van der Waals surface area contributed by atoms with Gasteiger partial charge in [-0.25, -0.2) is 19.2 Å². The van der Waals surface area contributed by atoms with Crippen LogP contribution in [0.3, 0.4) is 0 Å². The van der Waals surface area contributed by atoms with Crippen molar-refractivity contribution in [2.75, 3.05) is 18.5 Å². The molecule has 0 saturated heterocycles. The van der Waals surface area contributed by atoms with Gasteiger partial charge in [0.05, 0.1) is 5.39 Å². The summed E-state index contributed by atoms with van der Waals surface area (Å²) in [5, 5.41) is 14.9. The van der Waals surface area contributed by atoms with Crippen LogP contribution in [0.25, 0.3) is 11.0 Å². The van der Waals surface area contributed by atoms with E-state index in [1.165, 1.54) is 23.2 Å². The van der Waals surface area contributed by atoms with E-state index < -0.39 is 29.9 Å². The second-order valence-corrected chi connectivity index (χ2v) is 8.26. The number of benzene rings is 1. The highest BCUT2D eigenvalue weighted by Gasteiger charge is 2.13. The van der Waals surface area contributed by atoms with Gasteiger partial charge >= 0.3 is 5.97 Å². The van der Waals surface area contributed by atoms with E-state index in [9.17, 15) is 18.8 Å². The number of pyridine rings is 1. The minimum atomic E-state index is -1.08. The first-order valence-corrected chi connectivity index (χ1v) is 11.4. The number of nitrogens with zero attached hydrogens (tertiary/aromatic N) is 3. The lowest BCUT2D eigenvalue weighted by Gasteiger charge is -2.13. The number of hydrogen-bond acceptors (Lipinski definition) is 7. The number of nitrogens with one attached hydrogen (secondary N) is 3. The van der Waals surface area contributed by atoms with Crippen LogP contribution in [0.2, 0.25) is 0 Å². The van der Waals surface area contributed by atoms with Crippen molar-refractivity contribution >= 4 is 28.7 Å². The Morgan fingerprint density at radius 2 is 2.03 bits per heavy atom. The maximum atomic E-state index is 13.8. The molecule has 0 unspecified atom stereocenters. The maximum Gasteiger partial charge on any atom is 0.341 e. The molecule has 12 heteroatoms. The van der Waals surface area contributed by atoms with Gasteiger partial charge in [-0.3, -0.25) is 14.2 Å². The lowest BCUT2D eigenvalue weighted by Crippen LogP contribution is -2.34. The molecule has 0 aliphatic carbocycles. The molecular weight excluding hydrogens is 483 g/mol. The van der Waals surface area contributed by atoms with Gasteiger partial charge < -0.3 is 25.5 Å². The Morgan fingerprint density at radius 1 is 1.22 bits per heavy atom. The minimum absolute atomic E-state index is 0.0833. The van der Waals surface area contributed by atoms with Crippen LogP contribution in [0.5, 0.6) is 5.75 Å². The predicted molar refractivity (Wildman–Crippen MR) is 133 cm³/mol. The highest BCUT2D eigenvalue weighted by molar-refractivity contribution is 5.78. The van der Waals surface area contributed by atoms with Crippen LogP contribution in [0.1, 0.15) is 16.8 Å². The number of H-pyrrole nitrogens is 1. The number of carbonyl (C=O) groups excluding carboxylic acids is 1. The molecular formula is C25H25FN6O5. The van der Waals surface area contributed by atoms with Gasteiger partial charge in [-0.15, -0.1) is 0 Å². The van der Waals surface area contributed by atoms with Gasteiger partial charge in [0, 0.05) is 37.4 Å². The molecule has 0 fully saturated rings. The van der Waals surface area contributed by atoms with Crippen molar-refractivity contribution in [1.29, 1.82) is 0 Å². The first kappa shape index (κ1) is 25.4. The number of aryl methyl sites for hydroxylation is 1. The number of aromatic nitrogens is 4. The summed E-state index contributed by atoms with van der Waals surface area (Å²) in [4.78, 5) is 47.3. The molecule has 4 N–H and O–H groups in total. The average Bonchev–Trinajstić information content (AvgIpc) is 3.26. The molecule has 3 aromatic heterocycles. The lowest BCUT2D eigenvalue weighted by atomic mass is 10.1. The minimum Gasteiger partial charge on any atom is -0.482 e. The Kier molecular flexibility index (Phi) is 7.77. The van der Waals surface area contributed by atoms with Crippen LogP contribution in [0.15, 0.2) is 53.7 Å². The average molecular weight is 509 g/mol. The number of para-hydroxylation sites is 1. The SMILES string of the molecule is Cc1cnc(NCCc2ccccc2OCC(=O)O)c(=O)n1CC(=O)NCc1cnc2[nH]cc(F)c2c1. The summed E-state index contributed by atoms with van der Waals surface area (Å²) in [5.74, 6) is -1.37. The monoisotopic (exact) mass is 508 g/mol. The van der Waals surface area contributed by atoms with E-state index in [2.05, 4.69) is 25.6 Å². The molecule has 0 atom stereocenters. The molecule has 1 aromatic carbocycles. The van der Waals surface area contributed by atoms with Crippen LogP contribution >= 0.6 is 0 Å². The largest absolute Gasteiger partial charge is 0.482 e. The quantitative estimate of drug-likeness (QED) is 0.240. The van der Waals surface area contributed by atoms with Crippen molar-refractivity contribution in [3.63, 3.8) is 0 Å². The number of carbonyl (C=O) groups is 2. The highest BCUT2D eigenvalue weighted by atomic mass is 19.1. The van der Waals surface area contributed by atoms with E-state index in [-0.39, 0.29) is 18.9 Å². The van der Waals surface area contributed by atoms with Crippen LogP contribution in [-0.2, 0) is 29.1 Å². The zero-order valence-corrected chi connectivity index (χ0v) is 20.0. The number of rotatable bonds is 11. The van der Waals surface area contributed by atoms with Gasteiger partial charge in [-0.2, -0.15) is 0 Å². The first-order valence-electron chi connectivity index (χ1n) is 11.4. The maximum absolute atomic E-state index is 13.8. The van der Waals surface area contributed by atoms with E-state index >= 15 is 0 Å². The van der Waals surface area contributed by atoms with Gasteiger partial charge in [0.25, 0.3) is 5.56 Å². The third-order valence-corrected chi connectivity index (χ3v) is 5.59. The van der Waals surface area contributed by atoms with Crippen molar-refractivity contribution in [2.45, 2.75) is 26.4 Å². The Bertz CT molecular complexity index is 1500. The molecule has 11 nitrogen and oxygen atoms in total. The molecule has 4 aromatic rings. The van der Waals surface area contributed by atoms with E-state index in [0.717, 1.165) is 5.56 Å². The summed E-state index contributed by atoms with van der Waals surface area (Å²) in [5.41, 5.74) is 1.87. The van der Waals surface area contributed by atoms with Crippen LogP contribution in [0.4, 0.5) is 10.2 Å². The Morgan fingerprint density at radius 3 is 2.84 bits per heavy atom. The van der Waals surface area contributed by atoms with Crippen LogP contribution in [-0.4, -0.2) is 49.7 Å². The zero-order valence-electron chi connectivity index (χ0n) is 20.0. The fraction of sp³-hybridized carbons (Fsp3) is 0.240. The van der Waals surface area contributed by atoms with Crippen LogP contribution in [0, 0.1) is 12.7 Å². The molecule has 3 heterocycles.